The summed E-state index contributed by atoms with van der Waals surface area (Å²) in [6, 6.07) is 3.00. The third-order valence-electron chi connectivity index (χ3n) is 1.77. The van der Waals surface area contributed by atoms with Crippen molar-refractivity contribution in [2.45, 2.75) is 32.4 Å². The number of hydrogen-bond donors (Lipinski definition) is 0. The molecule has 0 aliphatic heterocycles. The molecule has 72 valence electrons. The van der Waals surface area contributed by atoms with E-state index in [1.54, 1.807) is 5.20 Å². The Labute approximate surface area is 117 Å². The first-order valence-electron chi connectivity index (χ1n) is 4.14. The van der Waals surface area contributed by atoms with E-state index in [2.05, 4.69) is 85.3 Å². The van der Waals surface area contributed by atoms with Crippen LogP contribution in [-0.2, 0) is 0 Å². The maximum atomic E-state index is 2.66. The van der Waals surface area contributed by atoms with E-state index in [0.717, 1.165) is 0 Å². The van der Waals surface area contributed by atoms with Crippen molar-refractivity contribution in [3.63, 3.8) is 0 Å². The van der Waals surface area contributed by atoms with Crippen LogP contribution in [-0.4, -0.2) is 10.1 Å². The normalized spacial score (nSPS) is 14.6. The highest BCUT2D eigenvalue weighted by Crippen LogP contribution is 2.35. The Morgan fingerprint density at radius 2 is 2.00 bits per heavy atom. The predicted octanol–water partition coefficient (Wildman–Crippen LogP) is 4.13. The first-order valence-corrected chi connectivity index (χ1v) is 17.4. The van der Waals surface area contributed by atoms with Crippen LogP contribution in [0.4, 0.5) is 0 Å². The van der Waals surface area contributed by atoms with Gasteiger partial charge in [-0.3, -0.25) is 0 Å². The Hall–Kier alpha value is 2.36. The second-order valence-corrected chi connectivity index (χ2v) is 42.2. The minimum absolute atomic E-state index is 0.140. The Kier molecular flexibility index (Phi) is 9.13. The van der Waals surface area contributed by atoms with Crippen LogP contribution in [0.15, 0.2) is 11.3 Å². The van der Waals surface area contributed by atoms with Gasteiger partial charge in [-0.15, -0.1) is 0 Å². The average molecular weight is 536 g/mol. The van der Waals surface area contributed by atoms with Gasteiger partial charge in [0.15, 0.2) is 0 Å². The number of hydrogen-bond acceptors (Lipinski definition) is 0. The van der Waals surface area contributed by atoms with Gasteiger partial charge in [-0.2, -0.15) is 0 Å². The number of rotatable bonds is 5. The van der Waals surface area contributed by atoms with Gasteiger partial charge in [0.2, 0.25) is 0 Å². The minimum atomic E-state index is -0.827. The van der Waals surface area contributed by atoms with Crippen LogP contribution in [0.5, 0.6) is 0 Å². The van der Waals surface area contributed by atoms with Crippen LogP contribution >= 0.6 is 65.4 Å². The van der Waals surface area contributed by atoms with Gasteiger partial charge < -0.3 is 0 Å². The van der Waals surface area contributed by atoms with E-state index in [9.17, 15) is 0 Å². The molecule has 0 aromatic heterocycles. The van der Waals surface area contributed by atoms with Crippen LogP contribution in [0.25, 0.3) is 0 Å². The van der Waals surface area contributed by atoms with Crippen molar-refractivity contribution in [3.05, 3.63) is 11.3 Å². The highest BCUT2D eigenvalue weighted by molar-refractivity contribution is 14.4. The van der Waals surface area contributed by atoms with E-state index in [4.69, 9.17) is 0 Å². The van der Waals surface area contributed by atoms with Crippen molar-refractivity contribution in [1.29, 1.82) is 0 Å². The zero-order valence-corrected chi connectivity index (χ0v) is 16.4. The lowest BCUT2D eigenvalue weighted by Gasteiger charge is -2.08. The molecule has 0 heterocycles. The minimum Gasteiger partial charge on any atom is -0.0951 e. The van der Waals surface area contributed by atoms with Crippen molar-refractivity contribution in [2.24, 2.45) is 0 Å². The van der Waals surface area contributed by atoms with Gasteiger partial charge >= 0.3 is 0 Å². The fourth-order valence-corrected chi connectivity index (χ4v) is 6.80. The molecule has 0 radical (unpaired) electrons. The second kappa shape index (κ2) is 7.63. The number of halogens is 3. The van der Waals surface area contributed by atoms with E-state index >= 15 is 0 Å². The van der Waals surface area contributed by atoms with Gasteiger partial charge in [-0.05, 0) is 19.9 Å². The summed E-state index contributed by atoms with van der Waals surface area (Å²) in [5.74, 6) is 0. The number of allylic oxidation sites excluding steroid dienone is 2. The highest BCUT2D eigenvalue weighted by atomic mass is 127. The van der Waals surface area contributed by atoms with Crippen molar-refractivity contribution in [2.75, 3.05) is 0 Å². The fraction of sp³-hybridized carbons (Fsp3) is 0.714. The average Bonchev–Trinajstić information content (AvgIpc) is 1.96. The van der Waals surface area contributed by atoms with Crippen molar-refractivity contribution < 1.29 is 0 Å². The summed E-state index contributed by atoms with van der Waals surface area (Å²) in [6.45, 7) is 4.45. The van der Waals surface area contributed by atoms with Crippen molar-refractivity contribution in [3.8, 4) is 0 Å². The quantitative estimate of drug-likeness (QED) is 0.215. The van der Waals surface area contributed by atoms with Crippen LogP contribution in [0, 0.1) is 0 Å². The van der Waals surface area contributed by atoms with Gasteiger partial charge in [-0.1, -0.05) is 89.1 Å². The molecule has 0 atom stereocenters. The Bertz CT molecular complexity index is 151. The molecule has 0 saturated carbocycles. The molecule has 0 aliphatic rings. The summed E-state index contributed by atoms with van der Waals surface area (Å²) in [4.78, 5) is 0. The molecule has 0 unspecified atom stereocenters. The van der Waals surface area contributed by atoms with Crippen LogP contribution in [0.1, 0.15) is 20.3 Å². The van der Waals surface area contributed by atoms with Gasteiger partial charge in [0.25, 0.3) is 0.564 Å². The molecular weight excluding hydrogens is 521 g/mol. The molecular formula is C7H15I3Si2. The van der Waals surface area contributed by atoms with Gasteiger partial charge in [0.1, 0.15) is 0 Å². The standard InChI is InChI=1S/C7H15I3Si2/c1-3-7(2)11-5-4-6-12(8,9)10/h3H,4-6,11H2,1-2H3. The summed E-state index contributed by atoms with van der Waals surface area (Å²) in [5, 5.41) is 1.68. The monoisotopic (exact) mass is 536 g/mol. The third kappa shape index (κ3) is 10.4. The molecule has 0 bridgehead atoms. The smallest absolute Gasteiger partial charge is 0.0951 e. The Morgan fingerprint density at radius 1 is 1.42 bits per heavy atom. The summed E-state index contributed by atoms with van der Waals surface area (Å²) in [6.07, 6.45) is 3.76. The van der Waals surface area contributed by atoms with E-state index in [-0.39, 0.29) is 9.52 Å². The molecule has 0 N–H and O–H groups in total. The molecule has 0 amide bonds. The maximum absolute atomic E-state index is 2.66. The van der Waals surface area contributed by atoms with Crippen LogP contribution in [0.3, 0.4) is 0 Å². The molecule has 0 aromatic carbocycles. The van der Waals surface area contributed by atoms with Gasteiger partial charge in [0.05, 0.1) is 0 Å². The van der Waals surface area contributed by atoms with E-state index in [1.807, 2.05) is 0 Å². The lowest BCUT2D eigenvalue weighted by atomic mass is 10.6. The molecule has 0 aromatic rings. The molecule has 0 spiro atoms. The zero-order valence-electron chi connectivity index (χ0n) is 7.54. The van der Waals surface area contributed by atoms with Gasteiger partial charge in [-0.25, -0.2) is 0 Å². The first kappa shape index (κ1) is 14.4. The zero-order chi connectivity index (χ0) is 9.61. The summed E-state index contributed by atoms with van der Waals surface area (Å²) >= 11 is 7.97. The van der Waals surface area contributed by atoms with Crippen LogP contribution < -0.4 is 0 Å². The third-order valence-corrected chi connectivity index (χ3v) is 9.60. The molecule has 0 fully saturated rings. The summed E-state index contributed by atoms with van der Waals surface area (Å²) in [5.41, 5.74) is 0. The molecule has 5 heteroatoms. The Morgan fingerprint density at radius 3 is 2.42 bits per heavy atom. The summed E-state index contributed by atoms with van der Waals surface area (Å²) in [7, 11) is 0.140. The summed E-state index contributed by atoms with van der Waals surface area (Å²) < 4.78 is -0.827. The highest BCUT2D eigenvalue weighted by Gasteiger charge is 2.20. The molecule has 0 saturated heterocycles. The predicted molar refractivity (Wildman–Crippen MR) is 90.0 cm³/mol. The topological polar surface area (TPSA) is 0 Å². The SMILES string of the molecule is CC=C(C)[SiH2]CCC[Si](I)(I)I. The first-order chi connectivity index (χ1) is 5.45. The van der Waals surface area contributed by atoms with E-state index in [1.165, 1.54) is 18.5 Å². The second-order valence-electron chi connectivity index (χ2n) is 2.96. The lowest BCUT2D eigenvalue weighted by Crippen LogP contribution is -2.05. The lowest BCUT2D eigenvalue weighted by molar-refractivity contribution is 1.07. The van der Waals surface area contributed by atoms with Gasteiger partial charge in [0, 0.05) is 9.52 Å². The Balaban J connectivity index is 3.34. The van der Waals surface area contributed by atoms with Crippen LogP contribution in [0.2, 0.25) is 12.1 Å². The fourth-order valence-electron chi connectivity index (χ4n) is 0.874. The molecule has 12 heavy (non-hydrogen) atoms. The molecule has 0 rings (SSSR count). The largest absolute Gasteiger partial charge is 0.253 e. The van der Waals surface area contributed by atoms with E-state index in [0.29, 0.717) is 0 Å². The molecule has 0 aliphatic carbocycles. The van der Waals surface area contributed by atoms with Crippen molar-refractivity contribution in [1.82, 2.24) is 0 Å². The van der Waals surface area contributed by atoms with Crippen molar-refractivity contribution >= 4 is 75.5 Å². The maximum Gasteiger partial charge on any atom is 0.253 e. The van der Waals surface area contributed by atoms with E-state index < -0.39 is 0.564 Å². The molecule has 0 nitrogen and oxygen atoms in total.